The highest BCUT2D eigenvalue weighted by Crippen LogP contribution is 2.28. The molecule has 0 atom stereocenters. The largest absolute Gasteiger partial charge is 0.497 e. The second-order valence-corrected chi connectivity index (χ2v) is 9.11. The minimum Gasteiger partial charge on any atom is -0.497 e. The van der Waals surface area contributed by atoms with Crippen LogP contribution in [0.2, 0.25) is 0 Å². The van der Waals surface area contributed by atoms with Crippen LogP contribution in [0.4, 0.5) is 4.79 Å². The molecule has 0 spiro atoms. The van der Waals surface area contributed by atoms with Gasteiger partial charge in [0.25, 0.3) is 0 Å². The van der Waals surface area contributed by atoms with Crippen LogP contribution in [0, 0.1) is 5.41 Å². The first-order valence-electron chi connectivity index (χ1n) is 10.5. The van der Waals surface area contributed by atoms with Crippen molar-refractivity contribution in [2.24, 2.45) is 5.41 Å². The average molecular weight is 436 g/mol. The van der Waals surface area contributed by atoms with E-state index in [9.17, 15) is 4.79 Å². The van der Waals surface area contributed by atoms with Gasteiger partial charge in [-0.25, -0.2) is 4.79 Å². The first-order chi connectivity index (χ1) is 14.3. The van der Waals surface area contributed by atoms with Gasteiger partial charge in [-0.3, -0.25) is 0 Å². The molecule has 3 rings (SSSR count). The quantitative estimate of drug-likeness (QED) is 0.689. The van der Waals surface area contributed by atoms with Gasteiger partial charge in [-0.05, 0) is 55.2 Å². The lowest BCUT2D eigenvalue weighted by molar-refractivity contribution is -0.0134. The first-order valence-corrected chi connectivity index (χ1v) is 10.9. The number of carbonyl (C=O) groups excluding carboxylic acids is 1. The van der Waals surface area contributed by atoms with E-state index in [0.29, 0.717) is 6.61 Å². The summed E-state index contributed by atoms with van der Waals surface area (Å²) in [5, 5.41) is 4.12. The Balaban J connectivity index is 1.46. The number of hydrogen-bond acceptors (Lipinski definition) is 5. The predicted octanol–water partition coefficient (Wildman–Crippen LogP) is 3.06. The zero-order valence-electron chi connectivity index (χ0n) is 18.4. The third kappa shape index (κ3) is 5.47. The van der Waals surface area contributed by atoms with E-state index in [1.165, 1.54) is 0 Å². The Labute approximate surface area is 184 Å². The SMILES string of the molecule is COc1ccc(OC)c(CCNC(=S)N2CCC(N3CC(C)(C)COC3=O)CC2)c1. The Morgan fingerprint density at radius 1 is 1.27 bits per heavy atom. The third-order valence-corrected chi connectivity index (χ3v) is 6.17. The van der Waals surface area contributed by atoms with E-state index in [-0.39, 0.29) is 17.6 Å². The molecule has 8 heteroatoms. The fourth-order valence-electron chi connectivity index (χ4n) is 4.06. The maximum Gasteiger partial charge on any atom is 0.410 e. The van der Waals surface area contributed by atoms with Crippen molar-refractivity contribution in [3.8, 4) is 11.5 Å². The van der Waals surface area contributed by atoms with Crippen molar-refractivity contribution in [2.45, 2.75) is 39.2 Å². The molecule has 1 amide bonds. The number of benzene rings is 1. The molecule has 0 saturated carbocycles. The van der Waals surface area contributed by atoms with E-state index < -0.39 is 0 Å². The number of nitrogens with zero attached hydrogens (tertiary/aromatic N) is 2. The lowest BCUT2D eigenvalue weighted by Gasteiger charge is -2.44. The topological polar surface area (TPSA) is 63.3 Å². The highest BCUT2D eigenvalue weighted by Gasteiger charge is 2.38. The number of hydrogen-bond donors (Lipinski definition) is 1. The van der Waals surface area contributed by atoms with Crippen LogP contribution < -0.4 is 14.8 Å². The second kappa shape index (κ2) is 9.73. The van der Waals surface area contributed by atoms with Gasteiger partial charge in [0.05, 0.1) is 20.8 Å². The Hall–Kier alpha value is -2.22. The monoisotopic (exact) mass is 435 g/mol. The number of carbonyl (C=O) groups is 1. The van der Waals surface area contributed by atoms with Crippen molar-refractivity contribution in [2.75, 3.05) is 47.0 Å². The van der Waals surface area contributed by atoms with Gasteiger partial charge in [-0.1, -0.05) is 13.8 Å². The molecule has 0 aromatic heterocycles. The zero-order valence-corrected chi connectivity index (χ0v) is 19.2. The highest BCUT2D eigenvalue weighted by molar-refractivity contribution is 7.80. The van der Waals surface area contributed by atoms with Gasteiger partial charge < -0.3 is 29.3 Å². The van der Waals surface area contributed by atoms with Crippen LogP contribution in [0.1, 0.15) is 32.3 Å². The molecule has 1 aromatic rings. The molecule has 2 aliphatic heterocycles. The molecule has 2 heterocycles. The Morgan fingerprint density at radius 2 is 2.00 bits per heavy atom. The van der Waals surface area contributed by atoms with Gasteiger partial charge in [-0.15, -0.1) is 0 Å². The highest BCUT2D eigenvalue weighted by atomic mass is 32.1. The van der Waals surface area contributed by atoms with E-state index in [1.54, 1.807) is 14.2 Å². The molecule has 0 aliphatic carbocycles. The smallest absolute Gasteiger partial charge is 0.410 e. The normalized spacial score (nSPS) is 19.3. The Morgan fingerprint density at radius 3 is 2.67 bits per heavy atom. The van der Waals surface area contributed by atoms with Gasteiger partial charge in [0.1, 0.15) is 11.5 Å². The second-order valence-electron chi connectivity index (χ2n) is 8.72. The number of amides is 1. The summed E-state index contributed by atoms with van der Waals surface area (Å²) in [6.07, 6.45) is 2.40. The predicted molar refractivity (Wildman–Crippen MR) is 120 cm³/mol. The fraction of sp³-hybridized carbons (Fsp3) is 0.636. The zero-order chi connectivity index (χ0) is 21.7. The molecule has 0 radical (unpaired) electrons. The molecule has 166 valence electrons. The molecule has 7 nitrogen and oxygen atoms in total. The summed E-state index contributed by atoms with van der Waals surface area (Å²) in [5.41, 5.74) is 1.08. The van der Waals surface area contributed by atoms with E-state index in [2.05, 4.69) is 24.1 Å². The van der Waals surface area contributed by atoms with Gasteiger partial charge >= 0.3 is 6.09 Å². The summed E-state index contributed by atoms with van der Waals surface area (Å²) >= 11 is 5.61. The number of ether oxygens (including phenoxy) is 3. The van der Waals surface area contributed by atoms with Crippen LogP contribution in [-0.2, 0) is 11.2 Å². The molecular weight excluding hydrogens is 402 g/mol. The number of cyclic esters (lactones) is 1. The molecule has 1 aromatic carbocycles. The number of methoxy groups -OCH3 is 2. The van der Waals surface area contributed by atoms with E-state index >= 15 is 0 Å². The lowest BCUT2D eigenvalue weighted by atomic mass is 9.91. The summed E-state index contributed by atoms with van der Waals surface area (Å²) < 4.78 is 16.1. The van der Waals surface area contributed by atoms with Crippen molar-refractivity contribution in [1.29, 1.82) is 0 Å². The van der Waals surface area contributed by atoms with Crippen molar-refractivity contribution in [1.82, 2.24) is 15.1 Å². The molecule has 0 unspecified atom stereocenters. The summed E-state index contributed by atoms with van der Waals surface area (Å²) in [7, 11) is 3.33. The summed E-state index contributed by atoms with van der Waals surface area (Å²) in [5.74, 6) is 1.66. The van der Waals surface area contributed by atoms with Crippen molar-refractivity contribution in [3.05, 3.63) is 23.8 Å². The van der Waals surface area contributed by atoms with Crippen LogP contribution in [-0.4, -0.2) is 74.1 Å². The van der Waals surface area contributed by atoms with Gasteiger partial charge in [-0.2, -0.15) is 0 Å². The first kappa shape index (κ1) is 22.5. The summed E-state index contributed by atoms with van der Waals surface area (Å²) in [6, 6.07) is 6.03. The maximum absolute atomic E-state index is 12.2. The van der Waals surface area contributed by atoms with Crippen LogP contribution in [0.5, 0.6) is 11.5 Å². The number of rotatable bonds is 6. The molecule has 30 heavy (non-hydrogen) atoms. The van der Waals surface area contributed by atoms with Crippen molar-refractivity contribution < 1.29 is 19.0 Å². The minimum absolute atomic E-state index is 0.00305. The number of piperidine rings is 1. The number of likely N-dealkylation sites (tertiary alicyclic amines) is 1. The van der Waals surface area contributed by atoms with E-state index in [0.717, 1.165) is 67.6 Å². The van der Waals surface area contributed by atoms with E-state index in [4.69, 9.17) is 26.4 Å². The maximum atomic E-state index is 12.2. The third-order valence-electron chi connectivity index (χ3n) is 5.77. The fourth-order valence-corrected chi connectivity index (χ4v) is 4.35. The van der Waals surface area contributed by atoms with Crippen molar-refractivity contribution in [3.63, 3.8) is 0 Å². The molecule has 2 aliphatic rings. The number of thiocarbonyl (C=S) groups is 1. The van der Waals surface area contributed by atoms with Crippen LogP contribution in [0.25, 0.3) is 0 Å². The molecule has 2 saturated heterocycles. The van der Waals surface area contributed by atoms with Gasteiger partial charge in [0.15, 0.2) is 5.11 Å². The standard InChI is InChI=1S/C22H33N3O4S/c1-22(2)14-25(21(26)29-15-22)17-8-11-24(12-9-17)20(30)23-10-7-16-13-18(27-3)5-6-19(16)28-4/h5-6,13,17H,7-12,14-15H2,1-4H3,(H,23,30). The molecular formula is C22H33N3O4S. The van der Waals surface area contributed by atoms with E-state index in [1.807, 2.05) is 23.1 Å². The van der Waals surface area contributed by atoms with Gasteiger partial charge in [0.2, 0.25) is 0 Å². The Kier molecular flexibility index (Phi) is 7.28. The molecule has 2 fully saturated rings. The lowest BCUT2D eigenvalue weighted by Crippen LogP contribution is -2.55. The Bertz CT molecular complexity index is 763. The van der Waals surface area contributed by atoms with Crippen LogP contribution in [0.15, 0.2) is 18.2 Å². The summed E-state index contributed by atoms with van der Waals surface area (Å²) in [6.45, 7) is 7.91. The molecule has 0 bridgehead atoms. The minimum atomic E-state index is -0.180. The van der Waals surface area contributed by atoms with Crippen molar-refractivity contribution >= 4 is 23.4 Å². The average Bonchev–Trinajstić information content (AvgIpc) is 2.75. The van der Waals surface area contributed by atoms with Crippen LogP contribution >= 0.6 is 12.2 Å². The molecule has 1 N–H and O–H groups in total. The summed E-state index contributed by atoms with van der Waals surface area (Å²) in [4.78, 5) is 16.3. The number of nitrogens with one attached hydrogen (secondary N) is 1. The van der Waals surface area contributed by atoms with Crippen LogP contribution in [0.3, 0.4) is 0 Å². The van der Waals surface area contributed by atoms with Gasteiger partial charge in [0, 0.05) is 37.6 Å².